The van der Waals surface area contributed by atoms with E-state index in [0.717, 1.165) is 25.0 Å². The van der Waals surface area contributed by atoms with Crippen LogP contribution in [-0.2, 0) is 0 Å². The Kier molecular flexibility index (Phi) is 5.75. The van der Waals surface area contributed by atoms with Crippen LogP contribution in [0.15, 0.2) is 36.5 Å². The molecule has 2 aromatic heterocycles. The molecule has 3 aliphatic heterocycles. The summed E-state index contributed by atoms with van der Waals surface area (Å²) in [5.74, 6) is 1.92. The number of anilines is 6. The lowest BCUT2D eigenvalue weighted by atomic mass is 9.99. The number of ether oxygens (including phenoxy) is 1. The Morgan fingerprint density at radius 2 is 2.00 bits per heavy atom. The van der Waals surface area contributed by atoms with Crippen LogP contribution in [0.4, 0.5) is 39.2 Å². The molecule has 3 aliphatic rings. The molecule has 0 saturated carbocycles. The van der Waals surface area contributed by atoms with E-state index < -0.39 is 5.82 Å². The third kappa shape index (κ3) is 4.26. The van der Waals surface area contributed by atoms with Gasteiger partial charge in [0.05, 0.1) is 12.7 Å². The molecule has 0 aliphatic carbocycles. The lowest BCUT2D eigenvalue weighted by Crippen LogP contribution is -2.44. The Labute approximate surface area is 210 Å². The molecule has 0 radical (unpaired) electrons. The van der Waals surface area contributed by atoms with Gasteiger partial charge in [0, 0.05) is 36.5 Å². The van der Waals surface area contributed by atoms with Crippen LogP contribution in [-0.4, -0.2) is 65.2 Å². The van der Waals surface area contributed by atoms with E-state index in [1.165, 1.54) is 17.7 Å². The van der Waals surface area contributed by atoms with E-state index in [2.05, 4.69) is 73.7 Å². The lowest BCUT2D eigenvalue weighted by Gasteiger charge is -2.35. The molecule has 3 N–H and O–H groups in total. The van der Waals surface area contributed by atoms with E-state index in [-0.39, 0.29) is 5.82 Å². The largest absolute Gasteiger partial charge is 0.488 e. The van der Waals surface area contributed by atoms with Crippen molar-refractivity contribution < 1.29 is 9.13 Å². The van der Waals surface area contributed by atoms with Gasteiger partial charge in [-0.15, -0.1) is 0 Å². The number of fused-ring (bicyclic) bond motifs is 3. The summed E-state index contributed by atoms with van der Waals surface area (Å²) in [6.45, 7) is 7.88. The summed E-state index contributed by atoms with van der Waals surface area (Å²) in [4.78, 5) is 18.0. The predicted octanol–water partition coefficient (Wildman–Crippen LogP) is 4.32. The van der Waals surface area contributed by atoms with E-state index in [9.17, 15) is 4.39 Å². The molecule has 9 nitrogen and oxygen atoms in total. The van der Waals surface area contributed by atoms with Crippen LogP contribution in [0.25, 0.3) is 0 Å². The summed E-state index contributed by atoms with van der Waals surface area (Å²) in [6.07, 6.45) is 2.39. The van der Waals surface area contributed by atoms with Gasteiger partial charge >= 0.3 is 0 Å². The van der Waals surface area contributed by atoms with Crippen molar-refractivity contribution in [1.82, 2.24) is 19.9 Å². The van der Waals surface area contributed by atoms with Crippen LogP contribution in [0, 0.1) is 5.82 Å². The fraction of sp³-hybridized carbons (Fsp3) is 0.423. The maximum atomic E-state index is 14.5. The molecule has 2 saturated heterocycles. The van der Waals surface area contributed by atoms with E-state index in [4.69, 9.17) is 4.74 Å². The van der Waals surface area contributed by atoms with Crippen molar-refractivity contribution in [2.45, 2.75) is 38.3 Å². The second kappa shape index (κ2) is 9.09. The highest BCUT2D eigenvalue weighted by Crippen LogP contribution is 2.39. The molecule has 2 fully saturated rings. The van der Waals surface area contributed by atoms with E-state index >= 15 is 0 Å². The number of pyridine rings is 1. The molecule has 2 bridgehead atoms. The van der Waals surface area contributed by atoms with Gasteiger partial charge in [0.2, 0.25) is 5.95 Å². The molecular weight excluding hydrogens is 459 g/mol. The molecule has 1 aromatic carbocycles. The monoisotopic (exact) mass is 490 g/mol. The van der Waals surface area contributed by atoms with Gasteiger partial charge in [0.15, 0.2) is 23.2 Å². The number of nitrogens with one attached hydrogen (secondary N) is 3. The molecule has 6 rings (SSSR count). The van der Waals surface area contributed by atoms with E-state index in [1.54, 1.807) is 12.1 Å². The number of piperazine rings is 1. The molecule has 188 valence electrons. The first-order valence-electron chi connectivity index (χ1n) is 12.5. The number of nitrogens with zero attached hydrogens (tertiary/aromatic N) is 5. The van der Waals surface area contributed by atoms with Gasteiger partial charge in [-0.1, -0.05) is 13.8 Å². The van der Waals surface area contributed by atoms with Crippen LogP contribution >= 0.6 is 0 Å². The predicted molar refractivity (Wildman–Crippen MR) is 139 cm³/mol. The van der Waals surface area contributed by atoms with Crippen LogP contribution in [0.2, 0.25) is 0 Å². The normalized spacial score (nSPS) is 20.8. The van der Waals surface area contributed by atoms with Gasteiger partial charge in [-0.3, -0.25) is 4.90 Å². The number of benzene rings is 1. The molecule has 3 aromatic rings. The van der Waals surface area contributed by atoms with E-state index in [0.29, 0.717) is 54.5 Å². The Morgan fingerprint density at radius 3 is 2.78 bits per heavy atom. The maximum Gasteiger partial charge on any atom is 0.229 e. The van der Waals surface area contributed by atoms with Crippen molar-refractivity contribution in [1.29, 1.82) is 0 Å². The van der Waals surface area contributed by atoms with Crippen LogP contribution < -0.4 is 25.6 Å². The van der Waals surface area contributed by atoms with E-state index in [1.807, 2.05) is 6.07 Å². The third-order valence-electron chi connectivity index (χ3n) is 7.23. The van der Waals surface area contributed by atoms with Crippen molar-refractivity contribution in [3.63, 3.8) is 0 Å². The van der Waals surface area contributed by atoms with Gasteiger partial charge in [0.1, 0.15) is 12.4 Å². The highest BCUT2D eigenvalue weighted by Gasteiger charge is 2.42. The third-order valence-corrected chi connectivity index (χ3v) is 7.23. The summed E-state index contributed by atoms with van der Waals surface area (Å²) in [7, 11) is 2.22. The smallest absolute Gasteiger partial charge is 0.229 e. The summed E-state index contributed by atoms with van der Waals surface area (Å²) in [6, 6.07) is 11.1. The Bertz CT molecular complexity index is 1280. The minimum absolute atomic E-state index is 0.0505. The fourth-order valence-corrected chi connectivity index (χ4v) is 5.37. The summed E-state index contributed by atoms with van der Waals surface area (Å²) in [5, 5.41) is 9.39. The Hall–Kier alpha value is -3.66. The number of rotatable bonds is 6. The fourth-order valence-electron chi connectivity index (χ4n) is 5.37. The second-order valence-electron chi connectivity index (χ2n) is 10.0. The number of likely N-dealkylation sites (tertiary alicyclic amines) is 1. The highest BCUT2D eigenvalue weighted by molar-refractivity contribution is 5.67. The van der Waals surface area contributed by atoms with Gasteiger partial charge in [-0.05, 0) is 55.3 Å². The highest BCUT2D eigenvalue weighted by atomic mass is 19.1. The summed E-state index contributed by atoms with van der Waals surface area (Å²) in [5.41, 5.74) is 3.45. The standard InChI is InChI=1S/C26H31FN8O/c1-15(2)19-10-16(4-5-21(19)35-14-17-11-18(35)13-34(17)3)30-26-29-12-20(27)24(33-26)31-23-7-6-22-25(32-23)28-8-9-36-22/h4-7,10,12,15,17-18H,8-9,11,13-14H2,1-3H3,(H3,28,29,30,31,32,33). The number of hydrogen-bond donors (Lipinski definition) is 3. The molecule has 2 atom stereocenters. The van der Waals surface area contributed by atoms with Crippen LogP contribution in [0.5, 0.6) is 5.75 Å². The summed E-state index contributed by atoms with van der Waals surface area (Å²) >= 11 is 0. The van der Waals surface area contributed by atoms with Crippen molar-refractivity contribution >= 4 is 34.8 Å². The second-order valence-corrected chi connectivity index (χ2v) is 10.0. The molecule has 5 heterocycles. The number of likely N-dealkylation sites (N-methyl/N-ethyl adjacent to an activating group) is 1. The zero-order chi connectivity index (χ0) is 24.8. The van der Waals surface area contributed by atoms with Gasteiger partial charge in [-0.25, -0.2) is 14.4 Å². The Balaban J connectivity index is 1.22. The zero-order valence-electron chi connectivity index (χ0n) is 20.8. The van der Waals surface area contributed by atoms with Crippen molar-refractivity contribution in [2.75, 3.05) is 54.1 Å². The topological polar surface area (TPSA) is 90.5 Å². The average Bonchev–Trinajstić information content (AvgIpc) is 3.45. The summed E-state index contributed by atoms with van der Waals surface area (Å²) < 4.78 is 20.1. The molecule has 0 spiro atoms. The molecule has 0 amide bonds. The average molecular weight is 491 g/mol. The molecule has 10 heteroatoms. The first kappa shape index (κ1) is 22.8. The Morgan fingerprint density at radius 1 is 1.11 bits per heavy atom. The lowest BCUT2D eigenvalue weighted by molar-refractivity contribution is 0.292. The molecule has 36 heavy (non-hydrogen) atoms. The van der Waals surface area contributed by atoms with Crippen molar-refractivity contribution in [2.24, 2.45) is 0 Å². The van der Waals surface area contributed by atoms with Crippen LogP contribution in [0.3, 0.4) is 0 Å². The molecular formula is C26H31FN8O. The maximum absolute atomic E-state index is 14.5. The number of aromatic nitrogens is 3. The number of halogens is 1. The zero-order valence-corrected chi connectivity index (χ0v) is 20.8. The SMILES string of the molecule is CC(C)c1cc(Nc2ncc(F)c(Nc3ccc4c(n3)NCCO4)n2)ccc1N1CC2CC1CN2C. The van der Waals surface area contributed by atoms with Gasteiger partial charge in [0.25, 0.3) is 0 Å². The van der Waals surface area contributed by atoms with Crippen LogP contribution in [0.1, 0.15) is 31.7 Å². The molecule has 2 unspecified atom stereocenters. The van der Waals surface area contributed by atoms with Crippen molar-refractivity contribution in [3.05, 3.63) is 47.9 Å². The quantitative estimate of drug-likeness (QED) is 0.467. The first-order valence-corrected chi connectivity index (χ1v) is 12.5. The minimum Gasteiger partial charge on any atom is -0.488 e. The first-order chi connectivity index (χ1) is 17.4. The van der Waals surface area contributed by atoms with Crippen molar-refractivity contribution in [3.8, 4) is 5.75 Å². The van der Waals surface area contributed by atoms with Gasteiger partial charge < -0.3 is 25.6 Å². The number of hydrogen-bond acceptors (Lipinski definition) is 9. The minimum atomic E-state index is -0.559. The van der Waals surface area contributed by atoms with Gasteiger partial charge in [-0.2, -0.15) is 4.98 Å².